The number of nitrogens with zero attached hydrogens (tertiary/aromatic N) is 1. The molecule has 1 aromatic rings. The first-order valence-electron chi connectivity index (χ1n) is 4.55. The van der Waals surface area contributed by atoms with Crippen LogP contribution in [0, 0.1) is 0 Å². The van der Waals surface area contributed by atoms with E-state index >= 15 is 0 Å². The van der Waals surface area contributed by atoms with E-state index in [1.54, 1.807) is 31.6 Å². The molecule has 1 atom stereocenters. The van der Waals surface area contributed by atoms with Gasteiger partial charge in [0.1, 0.15) is 0 Å². The van der Waals surface area contributed by atoms with Crippen LogP contribution in [0.2, 0.25) is 0 Å². The number of carbonyl (C=O) groups excluding carboxylic acids is 1. The van der Waals surface area contributed by atoms with Crippen LogP contribution < -0.4 is 5.32 Å². The number of carbonyl (C=O) groups is 1. The van der Waals surface area contributed by atoms with Crippen molar-refractivity contribution in [3.8, 4) is 0 Å². The molecular formula is C10H13BrN2O2. The molecule has 5 heteroatoms. The Balaban J connectivity index is 2.37. The van der Waals surface area contributed by atoms with E-state index in [0.29, 0.717) is 18.7 Å². The van der Waals surface area contributed by atoms with E-state index in [4.69, 9.17) is 4.74 Å². The quantitative estimate of drug-likeness (QED) is 0.821. The van der Waals surface area contributed by atoms with Crippen LogP contribution in [0.1, 0.15) is 10.4 Å². The lowest BCUT2D eigenvalue weighted by Gasteiger charge is -2.09. The maximum atomic E-state index is 11.6. The highest BCUT2D eigenvalue weighted by Crippen LogP contribution is 2.00. The van der Waals surface area contributed by atoms with Gasteiger partial charge < -0.3 is 10.1 Å². The molecule has 0 aliphatic carbocycles. The molecule has 0 radical (unpaired) electrons. The van der Waals surface area contributed by atoms with Gasteiger partial charge in [0, 0.05) is 31.6 Å². The molecule has 0 saturated carbocycles. The number of aromatic nitrogens is 1. The van der Waals surface area contributed by atoms with Crippen LogP contribution in [-0.2, 0) is 4.74 Å². The molecule has 0 spiro atoms. The fourth-order valence-corrected chi connectivity index (χ4v) is 1.47. The largest absolute Gasteiger partial charge is 0.383 e. The summed E-state index contributed by atoms with van der Waals surface area (Å²) in [6, 6.07) is 3.35. The number of amides is 1. The van der Waals surface area contributed by atoms with Crippen LogP contribution >= 0.6 is 15.9 Å². The monoisotopic (exact) mass is 272 g/mol. The molecule has 1 unspecified atom stereocenters. The van der Waals surface area contributed by atoms with Crippen LogP contribution in [0.4, 0.5) is 0 Å². The number of hydrogen-bond donors (Lipinski definition) is 1. The van der Waals surface area contributed by atoms with Crippen LogP contribution in [-0.4, -0.2) is 36.0 Å². The fraction of sp³-hybridized carbons (Fsp3) is 0.400. The van der Waals surface area contributed by atoms with E-state index in [2.05, 4.69) is 26.2 Å². The van der Waals surface area contributed by atoms with Gasteiger partial charge in [0.05, 0.1) is 11.4 Å². The maximum absolute atomic E-state index is 11.6. The van der Waals surface area contributed by atoms with Crippen molar-refractivity contribution in [2.75, 3.05) is 20.3 Å². The van der Waals surface area contributed by atoms with Gasteiger partial charge in [0.25, 0.3) is 5.91 Å². The van der Waals surface area contributed by atoms with Crippen LogP contribution in [0.25, 0.3) is 0 Å². The average molecular weight is 273 g/mol. The number of methoxy groups -OCH3 is 1. The van der Waals surface area contributed by atoms with Gasteiger partial charge in [0.15, 0.2) is 0 Å². The lowest BCUT2D eigenvalue weighted by molar-refractivity contribution is 0.0950. The van der Waals surface area contributed by atoms with E-state index in [-0.39, 0.29) is 10.7 Å². The molecule has 1 heterocycles. The lowest BCUT2D eigenvalue weighted by Crippen LogP contribution is -2.31. The van der Waals surface area contributed by atoms with E-state index in [9.17, 15) is 4.79 Å². The summed E-state index contributed by atoms with van der Waals surface area (Å²) in [5.41, 5.74) is 0.613. The molecule has 0 aliphatic rings. The molecule has 0 aromatic carbocycles. The summed E-state index contributed by atoms with van der Waals surface area (Å²) in [6.07, 6.45) is 3.19. The summed E-state index contributed by atoms with van der Waals surface area (Å²) >= 11 is 3.39. The van der Waals surface area contributed by atoms with Gasteiger partial charge in [0.2, 0.25) is 0 Å². The van der Waals surface area contributed by atoms with Crippen molar-refractivity contribution >= 4 is 21.8 Å². The summed E-state index contributed by atoms with van der Waals surface area (Å²) in [5, 5.41) is 2.79. The Kier molecular flexibility index (Phi) is 5.28. The first-order chi connectivity index (χ1) is 7.24. The summed E-state index contributed by atoms with van der Waals surface area (Å²) < 4.78 is 4.93. The Morgan fingerprint density at radius 1 is 1.60 bits per heavy atom. The minimum atomic E-state index is -0.0991. The molecule has 0 aliphatic heterocycles. The minimum absolute atomic E-state index is 0.0991. The van der Waals surface area contributed by atoms with Gasteiger partial charge in [-0.15, -0.1) is 0 Å². The Morgan fingerprint density at radius 3 is 2.87 bits per heavy atom. The predicted molar refractivity (Wildman–Crippen MR) is 61.2 cm³/mol. The van der Waals surface area contributed by atoms with Crippen molar-refractivity contribution in [1.29, 1.82) is 0 Å². The highest BCUT2D eigenvalue weighted by Gasteiger charge is 2.07. The zero-order valence-corrected chi connectivity index (χ0v) is 10.0. The third kappa shape index (κ3) is 4.40. The van der Waals surface area contributed by atoms with Crippen molar-refractivity contribution in [2.45, 2.75) is 4.83 Å². The average Bonchev–Trinajstić information content (AvgIpc) is 2.27. The van der Waals surface area contributed by atoms with Gasteiger partial charge in [-0.2, -0.15) is 0 Å². The molecule has 0 bridgehead atoms. The zero-order valence-electron chi connectivity index (χ0n) is 8.44. The third-order valence-corrected chi connectivity index (χ3v) is 2.36. The predicted octanol–water partition coefficient (Wildman–Crippen LogP) is 1.22. The first-order valence-corrected chi connectivity index (χ1v) is 5.47. The van der Waals surface area contributed by atoms with Gasteiger partial charge in [-0.1, -0.05) is 15.9 Å². The summed E-state index contributed by atoms with van der Waals surface area (Å²) in [4.78, 5) is 15.5. The SMILES string of the molecule is COCC(Br)CNC(=O)c1ccncc1. The standard InChI is InChI=1S/C10H13BrN2O2/c1-15-7-9(11)6-13-10(14)8-2-4-12-5-3-8/h2-5,9H,6-7H2,1H3,(H,13,14). The van der Waals surface area contributed by atoms with E-state index in [1.807, 2.05) is 0 Å². The first kappa shape index (κ1) is 12.1. The highest BCUT2D eigenvalue weighted by atomic mass is 79.9. The second-order valence-electron chi connectivity index (χ2n) is 3.00. The number of nitrogens with one attached hydrogen (secondary N) is 1. The maximum Gasteiger partial charge on any atom is 0.251 e. The molecular weight excluding hydrogens is 260 g/mol. The van der Waals surface area contributed by atoms with Crippen molar-refractivity contribution in [1.82, 2.24) is 10.3 Å². The topological polar surface area (TPSA) is 51.2 Å². The smallest absolute Gasteiger partial charge is 0.251 e. The van der Waals surface area contributed by atoms with E-state index in [1.165, 1.54) is 0 Å². The highest BCUT2D eigenvalue weighted by molar-refractivity contribution is 9.09. The summed E-state index contributed by atoms with van der Waals surface area (Å²) in [7, 11) is 1.62. The Bertz CT molecular complexity index is 306. The number of hydrogen-bond acceptors (Lipinski definition) is 3. The Morgan fingerprint density at radius 2 is 2.27 bits per heavy atom. The van der Waals surface area contributed by atoms with Crippen molar-refractivity contribution in [3.63, 3.8) is 0 Å². The van der Waals surface area contributed by atoms with Crippen molar-refractivity contribution in [2.24, 2.45) is 0 Å². The zero-order chi connectivity index (χ0) is 11.1. The molecule has 1 amide bonds. The Labute approximate surface area is 97.2 Å². The number of pyridine rings is 1. The fourth-order valence-electron chi connectivity index (χ4n) is 1.05. The molecule has 0 saturated heterocycles. The number of ether oxygens (including phenoxy) is 1. The van der Waals surface area contributed by atoms with Gasteiger partial charge in [-0.3, -0.25) is 9.78 Å². The van der Waals surface area contributed by atoms with Gasteiger partial charge in [-0.25, -0.2) is 0 Å². The van der Waals surface area contributed by atoms with Crippen LogP contribution in [0.3, 0.4) is 0 Å². The molecule has 4 nitrogen and oxygen atoms in total. The van der Waals surface area contributed by atoms with Crippen LogP contribution in [0.15, 0.2) is 24.5 Å². The minimum Gasteiger partial charge on any atom is -0.383 e. The third-order valence-electron chi connectivity index (χ3n) is 1.77. The second-order valence-corrected chi connectivity index (χ2v) is 4.29. The van der Waals surface area contributed by atoms with Gasteiger partial charge in [-0.05, 0) is 12.1 Å². The summed E-state index contributed by atoms with van der Waals surface area (Å²) in [5.74, 6) is -0.0991. The summed E-state index contributed by atoms with van der Waals surface area (Å²) in [6.45, 7) is 1.10. The molecule has 15 heavy (non-hydrogen) atoms. The van der Waals surface area contributed by atoms with Crippen LogP contribution in [0.5, 0.6) is 0 Å². The number of rotatable bonds is 5. The molecule has 1 N–H and O–H groups in total. The number of alkyl halides is 1. The second kappa shape index (κ2) is 6.53. The normalized spacial score (nSPS) is 12.1. The molecule has 82 valence electrons. The van der Waals surface area contributed by atoms with Crippen molar-refractivity contribution < 1.29 is 9.53 Å². The van der Waals surface area contributed by atoms with Crippen molar-refractivity contribution in [3.05, 3.63) is 30.1 Å². The lowest BCUT2D eigenvalue weighted by atomic mass is 10.2. The molecule has 1 aromatic heterocycles. The van der Waals surface area contributed by atoms with E-state index in [0.717, 1.165) is 0 Å². The molecule has 0 fully saturated rings. The number of halogens is 1. The Hall–Kier alpha value is -0.940. The van der Waals surface area contributed by atoms with E-state index < -0.39 is 0 Å². The molecule has 1 rings (SSSR count). The van der Waals surface area contributed by atoms with Gasteiger partial charge >= 0.3 is 0 Å².